The molecule has 4 heteroatoms. The van der Waals surface area contributed by atoms with Crippen molar-refractivity contribution >= 4 is 33.6 Å². The van der Waals surface area contributed by atoms with Gasteiger partial charge in [-0.15, -0.1) is 0 Å². The lowest BCUT2D eigenvalue weighted by Crippen LogP contribution is -2.14. The van der Waals surface area contributed by atoms with Gasteiger partial charge in [-0.25, -0.2) is 4.98 Å². The monoisotopic (exact) mass is 262 g/mol. The van der Waals surface area contributed by atoms with E-state index in [1.54, 1.807) is 4.90 Å². The second-order valence-electron chi connectivity index (χ2n) is 4.68. The van der Waals surface area contributed by atoms with Crippen LogP contribution in [0.15, 0.2) is 18.2 Å². The van der Waals surface area contributed by atoms with Crippen LogP contribution in [0.25, 0.3) is 10.9 Å². The molecule has 0 aliphatic carbocycles. The molecule has 18 heavy (non-hydrogen) atoms. The summed E-state index contributed by atoms with van der Waals surface area (Å²) < 4.78 is 0. The molecule has 0 saturated carbocycles. The zero-order chi connectivity index (χ0) is 13.4. The third kappa shape index (κ3) is 2.18. The first kappa shape index (κ1) is 12.8. The Morgan fingerprint density at radius 3 is 2.44 bits per heavy atom. The fourth-order valence-corrected chi connectivity index (χ4v) is 2.24. The van der Waals surface area contributed by atoms with Gasteiger partial charge in [0.05, 0.1) is 11.1 Å². The molecular formula is C14H15ClN2O. The Morgan fingerprint density at radius 2 is 1.89 bits per heavy atom. The van der Waals surface area contributed by atoms with Crippen molar-refractivity contribution in [3.8, 4) is 0 Å². The van der Waals surface area contributed by atoms with Gasteiger partial charge in [0, 0.05) is 19.5 Å². The largest absolute Gasteiger partial charge is 0.362 e. The zero-order valence-electron chi connectivity index (χ0n) is 10.9. The maximum absolute atomic E-state index is 11.5. The van der Waals surface area contributed by atoms with Crippen LogP contribution >= 0.6 is 11.6 Å². The van der Waals surface area contributed by atoms with Crippen LogP contribution in [0.5, 0.6) is 0 Å². The van der Waals surface area contributed by atoms with Crippen molar-refractivity contribution in [2.75, 3.05) is 19.0 Å². The molecular weight excluding hydrogens is 248 g/mol. The normalized spacial score (nSPS) is 10.7. The fraction of sp³-hybridized carbons (Fsp3) is 0.286. The number of carbonyl (C=O) groups excluding carboxylic acids is 1. The Balaban J connectivity index is 2.84. The van der Waals surface area contributed by atoms with Crippen LogP contribution in [0.2, 0.25) is 0 Å². The number of nitrogens with zero attached hydrogens (tertiary/aromatic N) is 2. The number of hydrogen-bond acceptors (Lipinski definition) is 3. The number of fused-ring (bicyclic) bond motifs is 1. The fourth-order valence-electron chi connectivity index (χ4n) is 2.11. The van der Waals surface area contributed by atoms with Gasteiger partial charge in [0.15, 0.2) is 0 Å². The molecule has 0 radical (unpaired) electrons. The maximum atomic E-state index is 11.5. The molecule has 1 aromatic carbocycles. The van der Waals surface area contributed by atoms with Crippen molar-refractivity contribution in [1.29, 1.82) is 0 Å². The summed E-state index contributed by atoms with van der Waals surface area (Å²) in [6, 6.07) is 5.90. The van der Waals surface area contributed by atoms with Gasteiger partial charge in [-0.2, -0.15) is 0 Å². The smallest absolute Gasteiger partial charge is 0.256 e. The molecule has 0 fully saturated rings. The van der Waals surface area contributed by atoms with Crippen LogP contribution < -0.4 is 4.90 Å². The minimum absolute atomic E-state index is 0.445. The van der Waals surface area contributed by atoms with Gasteiger partial charge in [-0.05, 0) is 48.7 Å². The Bertz CT molecular complexity index is 635. The summed E-state index contributed by atoms with van der Waals surface area (Å²) in [7, 11) is 3.69. The molecule has 0 amide bonds. The molecule has 3 nitrogen and oxygen atoms in total. The standard InChI is InChI=1S/C14H15ClN2O/c1-8-5-9(2)10-7-11(13(15)18)14(17(3)4)16-12(10)6-8/h5-7H,1-4H3. The number of anilines is 1. The minimum atomic E-state index is -0.479. The van der Waals surface area contributed by atoms with E-state index < -0.39 is 5.24 Å². The van der Waals surface area contributed by atoms with Gasteiger partial charge in [-0.3, -0.25) is 4.79 Å². The second-order valence-corrected chi connectivity index (χ2v) is 5.02. The number of hydrogen-bond donors (Lipinski definition) is 0. The Hall–Kier alpha value is -1.61. The van der Waals surface area contributed by atoms with Gasteiger partial charge >= 0.3 is 0 Å². The first-order valence-electron chi connectivity index (χ1n) is 5.69. The molecule has 0 atom stereocenters. The van der Waals surface area contributed by atoms with Crippen molar-refractivity contribution in [2.45, 2.75) is 13.8 Å². The molecule has 2 aromatic rings. The van der Waals surface area contributed by atoms with Gasteiger partial charge in [0.25, 0.3) is 5.24 Å². The van der Waals surface area contributed by atoms with Crippen molar-refractivity contribution in [1.82, 2.24) is 4.98 Å². The highest BCUT2D eigenvalue weighted by atomic mass is 35.5. The van der Waals surface area contributed by atoms with Crippen LogP contribution in [-0.4, -0.2) is 24.3 Å². The minimum Gasteiger partial charge on any atom is -0.362 e. The lowest BCUT2D eigenvalue weighted by Gasteiger charge is -2.16. The lowest BCUT2D eigenvalue weighted by molar-refractivity contribution is 0.108. The number of aromatic nitrogens is 1. The molecule has 94 valence electrons. The van der Waals surface area contributed by atoms with E-state index in [0.29, 0.717) is 11.4 Å². The van der Waals surface area contributed by atoms with Gasteiger partial charge in [0.2, 0.25) is 0 Å². The lowest BCUT2D eigenvalue weighted by atomic mass is 10.0. The van der Waals surface area contributed by atoms with Crippen LogP contribution in [0.4, 0.5) is 5.82 Å². The Kier molecular flexibility index (Phi) is 3.26. The predicted octanol–water partition coefficient (Wildman–Crippen LogP) is 3.30. The Labute approximate surface area is 111 Å². The molecule has 1 heterocycles. The summed E-state index contributed by atoms with van der Waals surface area (Å²) in [5.41, 5.74) is 3.59. The average Bonchev–Trinajstić information content (AvgIpc) is 2.26. The molecule has 0 N–H and O–H groups in total. The molecule has 0 unspecified atom stereocenters. The van der Waals surface area contributed by atoms with E-state index in [-0.39, 0.29) is 0 Å². The van der Waals surface area contributed by atoms with E-state index in [1.165, 1.54) is 0 Å². The molecule has 0 aliphatic rings. The first-order chi connectivity index (χ1) is 8.40. The third-order valence-electron chi connectivity index (χ3n) is 2.90. The summed E-state index contributed by atoms with van der Waals surface area (Å²) in [5, 5.41) is 0.489. The molecule has 0 spiro atoms. The van der Waals surface area contributed by atoms with E-state index in [9.17, 15) is 4.79 Å². The third-order valence-corrected chi connectivity index (χ3v) is 3.10. The van der Waals surface area contributed by atoms with Crippen molar-refractivity contribution in [3.05, 3.63) is 34.9 Å². The van der Waals surface area contributed by atoms with E-state index in [2.05, 4.69) is 11.1 Å². The molecule has 0 bridgehead atoms. The summed E-state index contributed by atoms with van der Waals surface area (Å²) in [5.74, 6) is 0.604. The van der Waals surface area contributed by atoms with Crippen LogP contribution in [-0.2, 0) is 0 Å². The quantitative estimate of drug-likeness (QED) is 0.779. The van der Waals surface area contributed by atoms with Gasteiger partial charge < -0.3 is 4.90 Å². The van der Waals surface area contributed by atoms with Gasteiger partial charge in [-0.1, -0.05) is 6.07 Å². The molecule has 0 saturated heterocycles. The summed E-state index contributed by atoms with van der Waals surface area (Å²) in [4.78, 5) is 17.8. The first-order valence-corrected chi connectivity index (χ1v) is 6.07. The summed E-state index contributed by atoms with van der Waals surface area (Å²) in [6.07, 6.45) is 0. The van der Waals surface area contributed by atoms with Crippen LogP contribution in [0.1, 0.15) is 21.5 Å². The zero-order valence-corrected chi connectivity index (χ0v) is 11.7. The molecule has 0 aliphatic heterocycles. The molecule has 2 rings (SSSR count). The maximum Gasteiger partial charge on any atom is 0.256 e. The highest BCUT2D eigenvalue weighted by Crippen LogP contribution is 2.26. The number of halogens is 1. The van der Waals surface area contributed by atoms with E-state index >= 15 is 0 Å². The van der Waals surface area contributed by atoms with Gasteiger partial charge in [0.1, 0.15) is 5.82 Å². The molecule has 1 aromatic heterocycles. The summed E-state index contributed by atoms with van der Waals surface area (Å²) >= 11 is 5.63. The predicted molar refractivity (Wildman–Crippen MR) is 75.7 cm³/mol. The van der Waals surface area contributed by atoms with Crippen LogP contribution in [0, 0.1) is 13.8 Å². The van der Waals surface area contributed by atoms with E-state index in [1.807, 2.05) is 40.1 Å². The van der Waals surface area contributed by atoms with E-state index in [0.717, 1.165) is 22.0 Å². The SMILES string of the molecule is Cc1cc(C)c2cc(C(=O)Cl)c(N(C)C)nc2c1. The topological polar surface area (TPSA) is 33.2 Å². The summed E-state index contributed by atoms with van der Waals surface area (Å²) in [6.45, 7) is 4.04. The average molecular weight is 263 g/mol. The van der Waals surface area contributed by atoms with Crippen molar-refractivity contribution < 1.29 is 4.79 Å². The Morgan fingerprint density at radius 1 is 1.22 bits per heavy atom. The van der Waals surface area contributed by atoms with Crippen molar-refractivity contribution in [2.24, 2.45) is 0 Å². The van der Waals surface area contributed by atoms with Crippen LogP contribution in [0.3, 0.4) is 0 Å². The number of benzene rings is 1. The van der Waals surface area contributed by atoms with Crippen molar-refractivity contribution in [3.63, 3.8) is 0 Å². The number of pyridine rings is 1. The second kappa shape index (κ2) is 4.58. The number of rotatable bonds is 2. The number of carbonyl (C=O) groups is 1. The number of aryl methyl sites for hydroxylation is 2. The van der Waals surface area contributed by atoms with E-state index in [4.69, 9.17) is 11.6 Å². The highest BCUT2D eigenvalue weighted by Gasteiger charge is 2.15. The highest BCUT2D eigenvalue weighted by molar-refractivity contribution is 6.68.